The van der Waals surface area contributed by atoms with E-state index in [1.807, 2.05) is 6.92 Å². The highest BCUT2D eigenvalue weighted by molar-refractivity contribution is 6.30. The van der Waals surface area contributed by atoms with Crippen LogP contribution in [-0.2, 0) is 11.3 Å². The molecule has 1 aromatic carbocycles. The third-order valence-electron chi connectivity index (χ3n) is 2.40. The highest BCUT2D eigenvalue weighted by Gasteiger charge is 2.10. The summed E-state index contributed by atoms with van der Waals surface area (Å²) in [5, 5.41) is 13.7. The molecule has 0 saturated carbocycles. The molecule has 0 amide bonds. The number of benzene rings is 1. The van der Waals surface area contributed by atoms with Gasteiger partial charge in [-0.3, -0.25) is 0 Å². The van der Waals surface area contributed by atoms with Crippen LogP contribution in [0, 0.1) is 0 Å². The zero-order chi connectivity index (χ0) is 12.8. The van der Waals surface area contributed by atoms with Gasteiger partial charge < -0.3 is 19.9 Å². The van der Waals surface area contributed by atoms with Gasteiger partial charge in [0.1, 0.15) is 0 Å². The van der Waals surface area contributed by atoms with Crippen LogP contribution in [0.25, 0.3) is 0 Å². The molecule has 0 aliphatic carbocycles. The van der Waals surface area contributed by atoms with Gasteiger partial charge in [-0.1, -0.05) is 11.6 Å². The predicted molar refractivity (Wildman–Crippen MR) is 67.8 cm³/mol. The van der Waals surface area contributed by atoms with Crippen molar-refractivity contribution in [1.82, 2.24) is 5.32 Å². The third-order valence-corrected chi connectivity index (χ3v) is 2.61. The summed E-state index contributed by atoms with van der Waals surface area (Å²) < 4.78 is 10.0. The van der Waals surface area contributed by atoms with Gasteiger partial charge >= 0.3 is 0 Å². The maximum absolute atomic E-state index is 9.90. The van der Waals surface area contributed by atoms with Crippen molar-refractivity contribution in [3.8, 4) is 11.5 Å². The lowest BCUT2D eigenvalue weighted by molar-refractivity contribution is 0.171. The van der Waals surface area contributed by atoms with Gasteiger partial charge in [-0.25, -0.2) is 0 Å². The molecular formula is C12H18ClNO3. The molecule has 0 radical (unpaired) electrons. The summed E-state index contributed by atoms with van der Waals surface area (Å²) >= 11 is 5.93. The summed E-state index contributed by atoms with van der Waals surface area (Å²) in [7, 11) is 3.15. The van der Waals surface area contributed by atoms with Crippen molar-refractivity contribution in [3.63, 3.8) is 0 Å². The smallest absolute Gasteiger partial charge is 0.162 e. The van der Waals surface area contributed by atoms with Gasteiger partial charge in [-0.2, -0.15) is 0 Å². The Labute approximate surface area is 106 Å². The fraction of sp³-hybridized carbons (Fsp3) is 0.500. The largest absolute Gasteiger partial charge is 0.504 e. The number of methoxy groups -OCH3 is 2. The molecule has 0 saturated heterocycles. The molecule has 1 atom stereocenters. The van der Waals surface area contributed by atoms with Crippen LogP contribution in [0.1, 0.15) is 12.5 Å². The number of halogens is 1. The van der Waals surface area contributed by atoms with Crippen molar-refractivity contribution in [1.29, 1.82) is 0 Å². The molecule has 17 heavy (non-hydrogen) atoms. The van der Waals surface area contributed by atoms with E-state index in [-0.39, 0.29) is 11.8 Å². The van der Waals surface area contributed by atoms with Crippen LogP contribution in [0.3, 0.4) is 0 Å². The normalized spacial score (nSPS) is 12.5. The van der Waals surface area contributed by atoms with E-state index in [1.165, 1.54) is 7.11 Å². The van der Waals surface area contributed by atoms with Crippen molar-refractivity contribution < 1.29 is 14.6 Å². The van der Waals surface area contributed by atoms with Gasteiger partial charge in [0.25, 0.3) is 0 Å². The number of hydrogen-bond donors (Lipinski definition) is 2. The molecule has 0 spiro atoms. The maximum atomic E-state index is 9.90. The van der Waals surface area contributed by atoms with E-state index in [4.69, 9.17) is 21.1 Å². The summed E-state index contributed by atoms with van der Waals surface area (Å²) in [5.74, 6) is 0.503. The van der Waals surface area contributed by atoms with Crippen LogP contribution in [0.4, 0.5) is 0 Å². The van der Waals surface area contributed by atoms with Gasteiger partial charge in [0, 0.05) is 36.3 Å². The summed E-state index contributed by atoms with van der Waals surface area (Å²) in [6, 6.07) is 3.50. The minimum Gasteiger partial charge on any atom is -0.504 e. The SMILES string of the molecule is COCC(C)NCc1cc(Cl)cc(OC)c1O. The fourth-order valence-corrected chi connectivity index (χ4v) is 1.74. The van der Waals surface area contributed by atoms with Gasteiger partial charge in [-0.05, 0) is 13.0 Å². The predicted octanol–water partition coefficient (Wildman–Crippen LogP) is 2.18. The molecule has 1 rings (SSSR count). The second-order valence-corrected chi connectivity index (χ2v) is 4.29. The number of ether oxygens (including phenoxy) is 2. The lowest BCUT2D eigenvalue weighted by Crippen LogP contribution is -2.29. The molecule has 2 N–H and O–H groups in total. The van der Waals surface area contributed by atoms with E-state index in [1.54, 1.807) is 19.2 Å². The van der Waals surface area contributed by atoms with Crippen molar-refractivity contribution >= 4 is 11.6 Å². The Kier molecular flexibility index (Phi) is 5.55. The van der Waals surface area contributed by atoms with Gasteiger partial charge in [0.15, 0.2) is 11.5 Å². The van der Waals surface area contributed by atoms with E-state index in [9.17, 15) is 5.11 Å². The van der Waals surface area contributed by atoms with Crippen molar-refractivity contribution in [3.05, 3.63) is 22.7 Å². The summed E-state index contributed by atoms with van der Waals surface area (Å²) in [6.07, 6.45) is 0. The van der Waals surface area contributed by atoms with Crippen LogP contribution in [0.15, 0.2) is 12.1 Å². The van der Waals surface area contributed by atoms with Crippen LogP contribution in [0.2, 0.25) is 5.02 Å². The molecule has 0 heterocycles. The Morgan fingerprint density at radius 3 is 2.71 bits per heavy atom. The molecule has 1 aromatic rings. The lowest BCUT2D eigenvalue weighted by Gasteiger charge is -2.14. The maximum Gasteiger partial charge on any atom is 0.162 e. The van der Waals surface area contributed by atoms with Crippen molar-refractivity contribution in [2.24, 2.45) is 0 Å². The Morgan fingerprint density at radius 2 is 2.12 bits per heavy atom. The Bertz CT molecular complexity index is 371. The quantitative estimate of drug-likeness (QED) is 0.822. The summed E-state index contributed by atoms with van der Waals surface area (Å²) in [4.78, 5) is 0. The van der Waals surface area contributed by atoms with Crippen molar-refractivity contribution in [2.75, 3.05) is 20.8 Å². The number of rotatable bonds is 6. The molecule has 5 heteroatoms. The summed E-state index contributed by atoms with van der Waals surface area (Å²) in [6.45, 7) is 3.12. The van der Waals surface area contributed by atoms with E-state index in [0.717, 1.165) is 0 Å². The number of nitrogens with one attached hydrogen (secondary N) is 1. The molecule has 0 aliphatic rings. The van der Waals surface area contributed by atoms with E-state index < -0.39 is 0 Å². The Morgan fingerprint density at radius 1 is 1.41 bits per heavy atom. The minimum absolute atomic E-state index is 0.119. The lowest BCUT2D eigenvalue weighted by atomic mass is 10.1. The molecule has 0 aliphatic heterocycles. The zero-order valence-corrected chi connectivity index (χ0v) is 11.0. The van der Waals surface area contributed by atoms with Crippen LogP contribution < -0.4 is 10.1 Å². The van der Waals surface area contributed by atoms with Crippen molar-refractivity contribution in [2.45, 2.75) is 19.5 Å². The molecule has 4 nitrogen and oxygen atoms in total. The minimum atomic E-state index is 0.119. The monoisotopic (exact) mass is 259 g/mol. The Hall–Kier alpha value is -0.970. The number of phenolic OH excluding ortho intramolecular Hbond substituents is 1. The Balaban J connectivity index is 2.73. The highest BCUT2D eigenvalue weighted by Crippen LogP contribution is 2.33. The van der Waals surface area contributed by atoms with Gasteiger partial charge in [-0.15, -0.1) is 0 Å². The molecular weight excluding hydrogens is 242 g/mol. The molecule has 1 unspecified atom stereocenters. The standard InChI is InChI=1S/C12H18ClNO3/c1-8(7-16-2)14-6-9-4-10(13)5-11(17-3)12(9)15/h4-5,8,14-15H,6-7H2,1-3H3. The second-order valence-electron chi connectivity index (χ2n) is 3.85. The third kappa shape index (κ3) is 4.07. The average molecular weight is 260 g/mol. The van der Waals surface area contributed by atoms with E-state index >= 15 is 0 Å². The van der Waals surface area contributed by atoms with Gasteiger partial charge in [0.05, 0.1) is 13.7 Å². The van der Waals surface area contributed by atoms with Crippen LogP contribution in [0.5, 0.6) is 11.5 Å². The first kappa shape index (κ1) is 14.1. The van der Waals surface area contributed by atoms with Crippen LogP contribution >= 0.6 is 11.6 Å². The molecule has 0 fully saturated rings. The van der Waals surface area contributed by atoms with Crippen LogP contribution in [-0.4, -0.2) is 32.0 Å². The fourth-order valence-electron chi connectivity index (χ4n) is 1.51. The molecule has 0 bridgehead atoms. The van der Waals surface area contributed by atoms with E-state index in [2.05, 4.69) is 5.32 Å². The second kappa shape index (κ2) is 6.69. The summed E-state index contributed by atoms with van der Waals surface area (Å²) in [5.41, 5.74) is 0.706. The zero-order valence-electron chi connectivity index (χ0n) is 10.3. The van der Waals surface area contributed by atoms with Gasteiger partial charge in [0.2, 0.25) is 0 Å². The first-order valence-electron chi connectivity index (χ1n) is 5.36. The topological polar surface area (TPSA) is 50.7 Å². The first-order chi connectivity index (χ1) is 8.08. The first-order valence-corrected chi connectivity index (χ1v) is 5.74. The number of phenols is 1. The van der Waals surface area contributed by atoms with E-state index in [0.29, 0.717) is 29.5 Å². The highest BCUT2D eigenvalue weighted by atomic mass is 35.5. The average Bonchev–Trinajstić information content (AvgIpc) is 2.30. The number of hydrogen-bond acceptors (Lipinski definition) is 4. The molecule has 0 aromatic heterocycles. The molecule has 96 valence electrons. The number of aromatic hydroxyl groups is 1.